The Morgan fingerprint density at radius 2 is 1.64 bits per heavy atom. The van der Waals surface area contributed by atoms with Crippen LogP contribution >= 0.6 is 28.3 Å². The van der Waals surface area contributed by atoms with Crippen molar-refractivity contribution < 1.29 is 0 Å². The predicted octanol–water partition coefficient (Wildman–Crippen LogP) is 5.85. The van der Waals surface area contributed by atoms with Crippen LogP contribution in [-0.2, 0) is 6.54 Å². The maximum absolute atomic E-state index is 4.70. The van der Waals surface area contributed by atoms with E-state index in [0.717, 1.165) is 36.0 Å². The highest BCUT2D eigenvalue weighted by atomic mass is 79.9. The van der Waals surface area contributed by atoms with Gasteiger partial charge in [0.15, 0.2) is 5.13 Å². The van der Waals surface area contributed by atoms with E-state index in [1.165, 1.54) is 11.3 Å². The second-order valence-corrected chi connectivity index (χ2v) is 6.45. The molecule has 1 heterocycles. The Kier molecular flexibility index (Phi) is 7.47. The van der Waals surface area contributed by atoms with Crippen LogP contribution in [0.4, 0.5) is 10.8 Å². The number of halogens is 1. The normalized spacial score (nSPS) is 10.2. The van der Waals surface area contributed by atoms with Crippen LogP contribution in [0.1, 0.15) is 19.4 Å². The number of anilines is 2. The summed E-state index contributed by atoms with van der Waals surface area (Å²) in [5, 5.41) is 6.47. The minimum absolute atomic E-state index is 0. The number of rotatable bonds is 7. The fourth-order valence-corrected chi connectivity index (χ4v) is 3.41. The molecule has 0 radical (unpaired) electrons. The summed E-state index contributed by atoms with van der Waals surface area (Å²) in [7, 11) is 0. The average molecular weight is 418 g/mol. The van der Waals surface area contributed by atoms with Crippen molar-refractivity contribution in [1.29, 1.82) is 0 Å². The Morgan fingerprint density at radius 3 is 2.28 bits per heavy atom. The van der Waals surface area contributed by atoms with Crippen LogP contribution in [0.3, 0.4) is 0 Å². The van der Waals surface area contributed by atoms with E-state index in [9.17, 15) is 0 Å². The minimum Gasteiger partial charge on any atom is -0.372 e. The van der Waals surface area contributed by atoms with Crippen molar-refractivity contribution in [3.8, 4) is 11.3 Å². The molecule has 3 nitrogen and oxygen atoms in total. The molecule has 0 aliphatic carbocycles. The molecule has 3 rings (SSSR count). The van der Waals surface area contributed by atoms with Gasteiger partial charge in [-0.2, -0.15) is 0 Å². The first kappa shape index (κ1) is 19.5. The third-order valence-corrected chi connectivity index (χ3v) is 4.88. The van der Waals surface area contributed by atoms with Gasteiger partial charge in [-0.3, -0.25) is 0 Å². The highest BCUT2D eigenvalue weighted by Gasteiger charge is 2.06. The van der Waals surface area contributed by atoms with Crippen molar-refractivity contribution in [1.82, 2.24) is 4.98 Å². The number of nitrogens with one attached hydrogen (secondary N) is 1. The molecule has 0 amide bonds. The summed E-state index contributed by atoms with van der Waals surface area (Å²) in [5.74, 6) is 0. The number of nitrogens with zero attached hydrogens (tertiary/aromatic N) is 2. The van der Waals surface area contributed by atoms with Gasteiger partial charge in [0.1, 0.15) is 0 Å². The number of thiazole rings is 1. The quantitative estimate of drug-likeness (QED) is 0.522. The van der Waals surface area contributed by atoms with Gasteiger partial charge in [0, 0.05) is 36.3 Å². The number of aromatic nitrogens is 1. The van der Waals surface area contributed by atoms with Crippen molar-refractivity contribution >= 4 is 39.1 Å². The third kappa shape index (κ3) is 5.06. The smallest absolute Gasteiger partial charge is 0.183 e. The molecule has 5 heteroatoms. The van der Waals surface area contributed by atoms with Crippen LogP contribution in [0.25, 0.3) is 11.3 Å². The maximum atomic E-state index is 4.70. The van der Waals surface area contributed by atoms with Gasteiger partial charge in [0.05, 0.1) is 5.69 Å². The van der Waals surface area contributed by atoms with E-state index < -0.39 is 0 Å². The molecule has 0 unspecified atom stereocenters. The lowest BCUT2D eigenvalue weighted by molar-refractivity contribution is 0.866. The molecule has 0 saturated heterocycles. The van der Waals surface area contributed by atoms with Crippen LogP contribution in [0.2, 0.25) is 0 Å². The van der Waals surface area contributed by atoms with E-state index in [2.05, 4.69) is 78.0 Å². The zero-order valence-corrected chi connectivity index (χ0v) is 17.1. The van der Waals surface area contributed by atoms with Crippen LogP contribution in [0.5, 0.6) is 0 Å². The summed E-state index contributed by atoms with van der Waals surface area (Å²) < 4.78 is 0. The molecule has 0 bridgehead atoms. The molecular formula is C20H24BrN3S. The number of hydrogen-bond acceptors (Lipinski definition) is 4. The average Bonchev–Trinajstić information content (AvgIpc) is 3.11. The van der Waals surface area contributed by atoms with Gasteiger partial charge in [-0.1, -0.05) is 42.5 Å². The third-order valence-electron chi connectivity index (χ3n) is 4.08. The number of benzene rings is 2. The number of hydrogen-bond donors (Lipinski definition) is 1. The molecule has 3 aromatic rings. The van der Waals surface area contributed by atoms with Gasteiger partial charge in [0.2, 0.25) is 0 Å². The van der Waals surface area contributed by atoms with E-state index in [-0.39, 0.29) is 17.0 Å². The van der Waals surface area contributed by atoms with Crippen LogP contribution in [-0.4, -0.2) is 18.1 Å². The molecule has 0 spiro atoms. The minimum atomic E-state index is 0. The van der Waals surface area contributed by atoms with Gasteiger partial charge in [-0.15, -0.1) is 28.3 Å². The zero-order valence-electron chi connectivity index (χ0n) is 14.6. The Hall–Kier alpha value is -1.85. The standard InChI is InChI=1S/C20H23N3S.BrH/c1-3-23(4-2)18-12-10-17(11-13-18)19-15-24-20(22-19)21-14-16-8-6-5-7-9-16;/h5-13,15H,3-4,14H2,1-2H3,(H,21,22);1H. The lowest BCUT2D eigenvalue weighted by Crippen LogP contribution is -2.21. The lowest BCUT2D eigenvalue weighted by Gasteiger charge is -2.20. The molecule has 0 aliphatic rings. The molecule has 132 valence electrons. The van der Waals surface area contributed by atoms with Gasteiger partial charge in [-0.05, 0) is 31.5 Å². The summed E-state index contributed by atoms with van der Waals surface area (Å²) in [4.78, 5) is 7.05. The fraction of sp³-hybridized carbons (Fsp3) is 0.250. The zero-order chi connectivity index (χ0) is 16.8. The molecule has 2 aromatic carbocycles. The van der Waals surface area contributed by atoms with E-state index >= 15 is 0 Å². The maximum Gasteiger partial charge on any atom is 0.183 e. The molecule has 1 aromatic heterocycles. The first-order valence-electron chi connectivity index (χ1n) is 8.39. The topological polar surface area (TPSA) is 28.2 Å². The van der Waals surface area contributed by atoms with Crippen LogP contribution in [0.15, 0.2) is 60.0 Å². The van der Waals surface area contributed by atoms with E-state index in [1.54, 1.807) is 11.3 Å². The summed E-state index contributed by atoms with van der Waals surface area (Å²) in [5.41, 5.74) is 4.72. The Labute approximate surface area is 164 Å². The fourth-order valence-electron chi connectivity index (χ4n) is 2.69. The molecular weight excluding hydrogens is 394 g/mol. The summed E-state index contributed by atoms with van der Waals surface area (Å²) in [6.07, 6.45) is 0. The summed E-state index contributed by atoms with van der Waals surface area (Å²) in [6.45, 7) is 7.22. The predicted molar refractivity (Wildman–Crippen MR) is 115 cm³/mol. The highest BCUT2D eigenvalue weighted by molar-refractivity contribution is 8.93. The van der Waals surface area contributed by atoms with Crippen molar-refractivity contribution in [2.45, 2.75) is 20.4 Å². The van der Waals surface area contributed by atoms with Crippen molar-refractivity contribution in [3.63, 3.8) is 0 Å². The highest BCUT2D eigenvalue weighted by Crippen LogP contribution is 2.27. The molecule has 0 atom stereocenters. The first-order chi connectivity index (χ1) is 11.8. The Bertz CT molecular complexity index is 752. The second kappa shape index (κ2) is 9.59. The summed E-state index contributed by atoms with van der Waals surface area (Å²) >= 11 is 1.65. The van der Waals surface area contributed by atoms with Gasteiger partial charge in [0.25, 0.3) is 0 Å². The summed E-state index contributed by atoms with van der Waals surface area (Å²) in [6, 6.07) is 19.1. The Morgan fingerprint density at radius 1 is 0.960 bits per heavy atom. The van der Waals surface area contributed by atoms with E-state index in [1.807, 2.05) is 6.07 Å². The van der Waals surface area contributed by atoms with Gasteiger partial charge >= 0.3 is 0 Å². The van der Waals surface area contributed by atoms with Crippen molar-refractivity contribution in [2.75, 3.05) is 23.3 Å². The van der Waals surface area contributed by atoms with Crippen LogP contribution in [0, 0.1) is 0 Å². The van der Waals surface area contributed by atoms with Gasteiger partial charge < -0.3 is 10.2 Å². The largest absolute Gasteiger partial charge is 0.372 e. The van der Waals surface area contributed by atoms with Gasteiger partial charge in [-0.25, -0.2) is 4.98 Å². The lowest BCUT2D eigenvalue weighted by atomic mass is 10.1. The van der Waals surface area contributed by atoms with Crippen molar-refractivity contribution in [2.24, 2.45) is 0 Å². The second-order valence-electron chi connectivity index (χ2n) is 5.60. The van der Waals surface area contributed by atoms with E-state index in [4.69, 9.17) is 4.98 Å². The first-order valence-corrected chi connectivity index (χ1v) is 9.26. The molecule has 0 aliphatic heterocycles. The molecule has 1 N–H and O–H groups in total. The molecule has 0 fully saturated rings. The molecule has 25 heavy (non-hydrogen) atoms. The Balaban J connectivity index is 0.00000225. The van der Waals surface area contributed by atoms with Crippen molar-refractivity contribution in [3.05, 3.63) is 65.5 Å². The molecule has 0 saturated carbocycles. The van der Waals surface area contributed by atoms with E-state index in [0.29, 0.717) is 0 Å². The van der Waals surface area contributed by atoms with Crippen LogP contribution < -0.4 is 10.2 Å². The SMILES string of the molecule is Br.CCN(CC)c1ccc(-c2csc(NCc3ccccc3)n2)cc1. The monoisotopic (exact) mass is 417 g/mol.